The number of ether oxygens (including phenoxy) is 1. The molecule has 0 unspecified atom stereocenters. The van der Waals surface area contributed by atoms with Crippen LogP contribution in [0.1, 0.15) is 40.0 Å². The summed E-state index contributed by atoms with van der Waals surface area (Å²) < 4.78 is 8.58. The molecule has 0 saturated heterocycles. The Kier molecular flexibility index (Phi) is 6.16. The van der Waals surface area contributed by atoms with Crippen molar-refractivity contribution in [3.8, 4) is 5.69 Å². The van der Waals surface area contributed by atoms with E-state index in [1.165, 1.54) is 0 Å². The average molecular weight is 491 g/mol. The number of aromatic nitrogens is 3. The number of nitrogens with zero attached hydrogens (tertiary/aromatic N) is 4. The van der Waals surface area contributed by atoms with Crippen LogP contribution in [0.2, 0.25) is 5.02 Å². The molecule has 0 radical (unpaired) electrons. The first-order valence-corrected chi connectivity index (χ1v) is 12.2. The Morgan fingerprint density at radius 3 is 2.08 bits per heavy atom. The van der Waals surface area contributed by atoms with Gasteiger partial charge in [-0.15, -0.1) is 10.2 Å². The van der Waals surface area contributed by atoms with Gasteiger partial charge in [0, 0.05) is 16.1 Å². The first-order chi connectivity index (χ1) is 17.8. The highest BCUT2D eigenvalue weighted by Crippen LogP contribution is 2.30. The van der Waals surface area contributed by atoms with Gasteiger partial charge in [0.05, 0.1) is 11.4 Å². The molecule has 1 aliphatic rings. The van der Waals surface area contributed by atoms with E-state index in [2.05, 4.69) is 51.2 Å². The summed E-state index contributed by atoms with van der Waals surface area (Å²) in [4.78, 5) is 4.91. The molecule has 176 valence electrons. The first kappa shape index (κ1) is 22.4. The van der Waals surface area contributed by atoms with Gasteiger partial charge >= 0.3 is 0 Å². The second-order valence-corrected chi connectivity index (χ2v) is 9.01. The number of hydrogen-bond donors (Lipinski definition) is 0. The number of fused-ring (bicyclic) bond motifs is 3. The Balaban J connectivity index is 1.38. The molecule has 2 heterocycles. The van der Waals surface area contributed by atoms with E-state index in [1.807, 2.05) is 72.8 Å². The lowest BCUT2D eigenvalue weighted by atomic mass is 10.0. The van der Waals surface area contributed by atoms with Crippen LogP contribution in [0.3, 0.4) is 0 Å². The Morgan fingerprint density at radius 1 is 0.778 bits per heavy atom. The zero-order valence-corrected chi connectivity index (χ0v) is 20.2. The van der Waals surface area contributed by atoms with E-state index >= 15 is 0 Å². The average Bonchev–Trinajstić information content (AvgIpc) is 3.26. The van der Waals surface area contributed by atoms with E-state index in [4.69, 9.17) is 21.3 Å². The second-order valence-electron chi connectivity index (χ2n) is 8.57. The number of halogens is 1. The van der Waals surface area contributed by atoms with Gasteiger partial charge in [0.15, 0.2) is 11.6 Å². The van der Waals surface area contributed by atoms with Gasteiger partial charge in [-0.05, 0) is 29.3 Å². The molecule has 1 aromatic heterocycles. The van der Waals surface area contributed by atoms with Crippen LogP contribution in [0.25, 0.3) is 5.69 Å². The van der Waals surface area contributed by atoms with E-state index in [-0.39, 0.29) is 12.7 Å². The summed E-state index contributed by atoms with van der Waals surface area (Å²) in [6, 6.07) is 36.5. The number of benzene rings is 4. The molecule has 0 saturated carbocycles. The summed E-state index contributed by atoms with van der Waals surface area (Å²) in [6.45, 7) is 0.689. The number of rotatable bonds is 6. The van der Waals surface area contributed by atoms with Crippen LogP contribution in [0.15, 0.2) is 114 Å². The zero-order chi connectivity index (χ0) is 24.3. The Morgan fingerprint density at radius 2 is 1.42 bits per heavy atom. The number of aliphatic imine (C=N–C) groups is 1. The second kappa shape index (κ2) is 9.90. The maximum Gasteiger partial charge on any atom is 0.163 e. The van der Waals surface area contributed by atoms with Crippen molar-refractivity contribution in [3.63, 3.8) is 0 Å². The quantitative estimate of drug-likeness (QED) is 0.270. The van der Waals surface area contributed by atoms with Crippen molar-refractivity contribution in [2.24, 2.45) is 4.99 Å². The smallest absolute Gasteiger partial charge is 0.163 e. The van der Waals surface area contributed by atoms with Crippen LogP contribution in [0.4, 0.5) is 0 Å². The van der Waals surface area contributed by atoms with E-state index < -0.39 is 0 Å². The third kappa shape index (κ3) is 4.35. The summed E-state index contributed by atoms with van der Waals surface area (Å²) in [6.07, 6.45) is -0.230. The molecule has 5 aromatic rings. The topological polar surface area (TPSA) is 52.3 Å². The highest BCUT2D eigenvalue weighted by molar-refractivity contribution is 6.31. The predicted octanol–water partition coefficient (Wildman–Crippen LogP) is 6.58. The van der Waals surface area contributed by atoms with Crippen LogP contribution in [0.5, 0.6) is 0 Å². The molecule has 6 heteroatoms. The van der Waals surface area contributed by atoms with Crippen molar-refractivity contribution in [1.29, 1.82) is 0 Å². The summed E-state index contributed by atoms with van der Waals surface area (Å²) in [5, 5.41) is 9.64. The standard InChI is InChI=1S/C30H23ClN4O/c31-24-16-17-26-25(18-24)29(21-10-4-1-5-11-21)32-19-27-33-34-28(35(26)27)20-36-30(22-12-6-2-7-13-22)23-14-8-3-9-15-23/h1-18,30H,19-20H2. The normalized spacial score (nSPS) is 12.6. The van der Waals surface area contributed by atoms with Crippen LogP contribution in [-0.4, -0.2) is 20.5 Å². The molecule has 5 nitrogen and oxygen atoms in total. The molecular formula is C30H23ClN4O. The largest absolute Gasteiger partial charge is 0.361 e. The van der Waals surface area contributed by atoms with Gasteiger partial charge in [-0.25, -0.2) is 0 Å². The Labute approximate surface area is 214 Å². The lowest BCUT2D eigenvalue weighted by Gasteiger charge is -2.19. The fourth-order valence-electron chi connectivity index (χ4n) is 4.60. The molecule has 6 rings (SSSR count). The molecule has 0 spiro atoms. The molecule has 0 fully saturated rings. The molecule has 0 atom stereocenters. The Bertz CT molecular complexity index is 1480. The predicted molar refractivity (Wildman–Crippen MR) is 142 cm³/mol. The fourth-order valence-corrected chi connectivity index (χ4v) is 4.77. The molecule has 0 aliphatic carbocycles. The van der Waals surface area contributed by atoms with Crippen molar-refractivity contribution < 1.29 is 4.74 Å². The van der Waals surface area contributed by atoms with E-state index in [9.17, 15) is 0 Å². The zero-order valence-electron chi connectivity index (χ0n) is 19.5. The summed E-state index contributed by atoms with van der Waals surface area (Å²) in [5.74, 6) is 1.48. The third-order valence-electron chi connectivity index (χ3n) is 6.26. The molecule has 0 amide bonds. The SMILES string of the molecule is Clc1ccc2c(c1)C(c1ccccc1)=NCc1nnc(COC(c3ccccc3)c3ccccc3)n1-2. The van der Waals surface area contributed by atoms with Crippen molar-refractivity contribution in [2.45, 2.75) is 19.3 Å². The van der Waals surface area contributed by atoms with Crippen LogP contribution in [0, 0.1) is 0 Å². The van der Waals surface area contributed by atoms with Gasteiger partial charge in [-0.3, -0.25) is 9.56 Å². The van der Waals surface area contributed by atoms with E-state index in [0.717, 1.165) is 45.3 Å². The summed E-state index contributed by atoms with van der Waals surface area (Å²) >= 11 is 6.44. The lowest BCUT2D eigenvalue weighted by molar-refractivity contribution is 0.0613. The van der Waals surface area contributed by atoms with Gasteiger partial charge in [-0.1, -0.05) is 103 Å². The van der Waals surface area contributed by atoms with E-state index in [0.29, 0.717) is 11.6 Å². The minimum Gasteiger partial charge on any atom is -0.361 e. The molecule has 4 aromatic carbocycles. The van der Waals surface area contributed by atoms with Crippen molar-refractivity contribution >= 4 is 17.3 Å². The van der Waals surface area contributed by atoms with Crippen LogP contribution >= 0.6 is 11.6 Å². The van der Waals surface area contributed by atoms with Gasteiger partial charge < -0.3 is 4.74 Å². The van der Waals surface area contributed by atoms with E-state index in [1.54, 1.807) is 0 Å². The highest BCUT2D eigenvalue weighted by atomic mass is 35.5. The molecule has 0 N–H and O–H groups in total. The fraction of sp³-hybridized carbons (Fsp3) is 0.100. The third-order valence-corrected chi connectivity index (χ3v) is 6.50. The molecule has 0 bridgehead atoms. The summed E-state index contributed by atoms with van der Waals surface area (Å²) in [5.41, 5.74) is 5.97. The van der Waals surface area contributed by atoms with Gasteiger partial charge in [0.1, 0.15) is 19.3 Å². The van der Waals surface area contributed by atoms with Crippen LogP contribution in [-0.2, 0) is 17.9 Å². The van der Waals surface area contributed by atoms with Crippen molar-refractivity contribution in [1.82, 2.24) is 14.8 Å². The van der Waals surface area contributed by atoms with Gasteiger partial charge in [-0.2, -0.15) is 0 Å². The first-order valence-electron chi connectivity index (χ1n) is 11.8. The monoisotopic (exact) mass is 490 g/mol. The Hall–Kier alpha value is -4.06. The molecule has 36 heavy (non-hydrogen) atoms. The number of hydrogen-bond acceptors (Lipinski definition) is 4. The minimum atomic E-state index is -0.230. The molecule has 1 aliphatic heterocycles. The van der Waals surface area contributed by atoms with Gasteiger partial charge in [0.25, 0.3) is 0 Å². The molecular weight excluding hydrogens is 468 g/mol. The van der Waals surface area contributed by atoms with Crippen molar-refractivity contribution in [3.05, 3.63) is 148 Å². The maximum atomic E-state index is 6.53. The summed E-state index contributed by atoms with van der Waals surface area (Å²) in [7, 11) is 0. The maximum absolute atomic E-state index is 6.53. The lowest BCUT2D eigenvalue weighted by Crippen LogP contribution is -2.12. The highest BCUT2D eigenvalue weighted by Gasteiger charge is 2.24. The van der Waals surface area contributed by atoms with Gasteiger partial charge in [0.2, 0.25) is 0 Å². The van der Waals surface area contributed by atoms with Crippen molar-refractivity contribution in [2.75, 3.05) is 0 Å². The minimum absolute atomic E-state index is 0.230. The van der Waals surface area contributed by atoms with Crippen LogP contribution < -0.4 is 0 Å².